The molecular formula is C18H23FN2O6. The first-order chi connectivity index (χ1) is 12.7. The summed E-state index contributed by atoms with van der Waals surface area (Å²) in [5.74, 6) is -3.77. The number of halogens is 1. The van der Waals surface area contributed by atoms with Gasteiger partial charge in [-0.05, 0) is 11.5 Å². The highest BCUT2D eigenvalue weighted by atomic mass is 19.1. The Morgan fingerprint density at radius 2 is 1.78 bits per heavy atom. The number of carboxylic acids is 1. The molecule has 1 aromatic rings. The molecule has 1 unspecified atom stereocenters. The Morgan fingerprint density at radius 1 is 1.15 bits per heavy atom. The van der Waals surface area contributed by atoms with Gasteiger partial charge in [-0.25, -0.2) is 9.18 Å². The van der Waals surface area contributed by atoms with E-state index in [4.69, 9.17) is 9.84 Å². The first kappa shape index (κ1) is 22.1. The van der Waals surface area contributed by atoms with Gasteiger partial charge in [-0.15, -0.1) is 0 Å². The minimum Gasteiger partial charge on any atom is -0.481 e. The highest BCUT2D eigenvalue weighted by Crippen LogP contribution is 2.09. The molecule has 2 atom stereocenters. The van der Waals surface area contributed by atoms with Crippen LogP contribution in [0.15, 0.2) is 30.3 Å². The molecule has 0 radical (unpaired) electrons. The summed E-state index contributed by atoms with van der Waals surface area (Å²) in [4.78, 5) is 46.6. The van der Waals surface area contributed by atoms with Crippen molar-refractivity contribution in [2.24, 2.45) is 5.92 Å². The van der Waals surface area contributed by atoms with E-state index in [0.29, 0.717) is 0 Å². The normalized spacial score (nSPS) is 12.7. The molecule has 1 rings (SSSR count). The zero-order chi connectivity index (χ0) is 20.4. The molecule has 0 aliphatic heterocycles. The number of aliphatic carboxylic acids is 1. The summed E-state index contributed by atoms with van der Waals surface area (Å²) >= 11 is 0. The summed E-state index contributed by atoms with van der Waals surface area (Å²) in [6.07, 6.45) is -2.89. The van der Waals surface area contributed by atoms with Crippen molar-refractivity contribution < 1.29 is 33.4 Å². The number of alkyl halides is 1. The second-order valence-corrected chi connectivity index (χ2v) is 6.17. The molecule has 0 heterocycles. The van der Waals surface area contributed by atoms with Gasteiger partial charge in [0.25, 0.3) is 5.91 Å². The Kier molecular flexibility index (Phi) is 8.91. The molecule has 148 valence electrons. The van der Waals surface area contributed by atoms with Crippen LogP contribution in [0.5, 0.6) is 0 Å². The smallest absolute Gasteiger partial charge is 0.408 e. The number of alkyl carbamates (subject to hydrolysis) is 1. The van der Waals surface area contributed by atoms with Gasteiger partial charge in [-0.2, -0.15) is 0 Å². The molecule has 0 spiro atoms. The molecule has 0 bridgehead atoms. The van der Waals surface area contributed by atoms with Crippen molar-refractivity contribution in [1.29, 1.82) is 0 Å². The molecule has 0 aromatic heterocycles. The quantitative estimate of drug-likeness (QED) is 0.563. The van der Waals surface area contributed by atoms with Crippen LogP contribution in [0.3, 0.4) is 0 Å². The van der Waals surface area contributed by atoms with E-state index >= 15 is 0 Å². The van der Waals surface area contributed by atoms with Gasteiger partial charge in [0.15, 0.2) is 11.9 Å². The fourth-order valence-corrected chi connectivity index (χ4v) is 2.19. The summed E-state index contributed by atoms with van der Waals surface area (Å²) in [6, 6.07) is 7.50. The SMILES string of the molecule is CC(C)[C@H](OC(=O)NCc1ccccc1)C(=O)NC(CC(=O)O)C(=O)CF. The number of carbonyl (C=O) groups excluding carboxylic acids is 3. The maximum Gasteiger partial charge on any atom is 0.408 e. The lowest BCUT2D eigenvalue weighted by molar-refractivity contribution is -0.141. The lowest BCUT2D eigenvalue weighted by Crippen LogP contribution is -2.50. The Bertz CT molecular complexity index is 665. The van der Waals surface area contributed by atoms with Gasteiger partial charge >= 0.3 is 12.1 Å². The van der Waals surface area contributed by atoms with Gasteiger partial charge in [0.1, 0.15) is 12.7 Å². The van der Waals surface area contributed by atoms with Crippen molar-refractivity contribution >= 4 is 23.8 Å². The van der Waals surface area contributed by atoms with Crippen molar-refractivity contribution in [2.75, 3.05) is 6.67 Å². The number of hydrogen-bond donors (Lipinski definition) is 3. The monoisotopic (exact) mass is 382 g/mol. The number of carbonyl (C=O) groups is 4. The molecule has 3 N–H and O–H groups in total. The number of nitrogens with one attached hydrogen (secondary N) is 2. The van der Waals surface area contributed by atoms with Crippen LogP contribution in [0.2, 0.25) is 0 Å². The predicted molar refractivity (Wildman–Crippen MR) is 93.6 cm³/mol. The van der Waals surface area contributed by atoms with Gasteiger partial charge in [0, 0.05) is 6.54 Å². The molecule has 0 aliphatic rings. The molecule has 9 heteroatoms. The summed E-state index contributed by atoms with van der Waals surface area (Å²) in [6.45, 7) is 1.99. The molecule has 8 nitrogen and oxygen atoms in total. The highest BCUT2D eigenvalue weighted by Gasteiger charge is 2.31. The number of carboxylic acid groups (broad SMARTS) is 1. The topological polar surface area (TPSA) is 122 Å². The van der Waals surface area contributed by atoms with E-state index in [0.717, 1.165) is 5.56 Å². The van der Waals surface area contributed by atoms with Gasteiger partial charge in [-0.1, -0.05) is 44.2 Å². The van der Waals surface area contributed by atoms with Crippen LogP contribution in [-0.2, 0) is 25.7 Å². The standard InChI is InChI=1S/C18H23FN2O6/c1-11(2)16(17(25)21-13(8-15(23)24)14(22)9-19)27-18(26)20-10-12-6-4-3-5-7-12/h3-7,11,13,16H,8-10H2,1-2H3,(H,20,26)(H,21,25)(H,23,24)/t13?,16-/m0/s1. The Hall–Kier alpha value is -2.97. The van der Waals surface area contributed by atoms with Crippen molar-refractivity contribution in [3.8, 4) is 0 Å². The third kappa shape index (κ3) is 7.85. The van der Waals surface area contributed by atoms with Crippen molar-refractivity contribution in [3.63, 3.8) is 0 Å². The molecule has 2 amide bonds. The molecule has 0 saturated heterocycles. The third-order valence-electron chi connectivity index (χ3n) is 3.59. The van der Waals surface area contributed by atoms with Gasteiger partial charge in [0.2, 0.25) is 0 Å². The number of benzene rings is 1. The van der Waals surface area contributed by atoms with E-state index < -0.39 is 54.9 Å². The fourth-order valence-electron chi connectivity index (χ4n) is 2.19. The van der Waals surface area contributed by atoms with E-state index in [1.54, 1.807) is 38.1 Å². The number of amides is 2. The van der Waals surface area contributed by atoms with E-state index in [1.165, 1.54) is 0 Å². The Balaban J connectivity index is 2.69. The first-order valence-corrected chi connectivity index (χ1v) is 8.33. The molecule has 0 fully saturated rings. The minimum absolute atomic E-state index is 0.189. The number of hydrogen-bond acceptors (Lipinski definition) is 5. The number of ether oxygens (including phenoxy) is 1. The predicted octanol–water partition coefficient (Wildman–Crippen LogP) is 1.44. The number of Topliss-reactive ketones (excluding diaryl/α,β-unsaturated/α-hetero) is 1. The number of rotatable bonds is 10. The first-order valence-electron chi connectivity index (χ1n) is 8.33. The maximum atomic E-state index is 12.6. The van der Waals surface area contributed by atoms with Crippen molar-refractivity contribution in [1.82, 2.24) is 10.6 Å². The van der Waals surface area contributed by atoms with Crippen molar-refractivity contribution in [3.05, 3.63) is 35.9 Å². The minimum atomic E-state index is -1.53. The van der Waals surface area contributed by atoms with Crippen LogP contribution in [0.4, 0.5) is 9.18 Å². The lowest BCUT2D eigenvalue weighted by atomic mass is 10.0. The second-order valence-electron chi connectivity index (χ2n) is 6.17. The molecular weight excluding hydrogens is 359 g/mol. The molecule has 0 aliphatic carbocycles. The molecule has 1 aromatic carbocycles. The van der Waals surface area contributed by atoms with E-state index in [1.807, 2.05) is 6.07 Å². The number of ketones is 1. The maximum absolute atomic E-state index is 12.6. The summed E-state index contributed by atoms with van der Waals surface area (Å²) in [7, 11) is 0. The third-order valence-corrected chi connectivity index (χ3v) is 3.59. The molecule has 27 heavy (non-hydrogen) atoms. The van der Waals surface area contributed by atoms with Gasteiger partial charge in [0.05, 0.1) is 6.42 Å². The largest absolute Gasteiger partial charge is 0.481 e. The van der Waals surface area contributed by atoms with Crippen molar-refractivity contribution in [2.45, 2.75) is 39.0 Å². The lowest BCUT2D eigenvalue weighted by Gasteiger charge is -2.23. The van der Waals surface area contributed by atoms with Crippen LogP contribution in [0.1, 0.15) is 25.8 Å². The zero-order valence-electron chi connectivity index (χ0n) is 15.1. The van der Waals surface area contributed by atoms with Gasteiger partial charge < -0.3 is 20.5 Å². The fraction of sp³-hybridized carbons (Fsp3) is 0.444. The zero-order valence-corrected chi connectivity index (χ0v) is 15.1. The van der Waals surface area contributed by atoms with Crippen LogP contribution >= 0.6 is 0 Å². The van der Waals surface area contributed by atoms with Crippen LogP contribution in [-0.4, -0.2) is 47.7 Å². The Morgan fingerprint density at radius 3 is 2.30 bits per heavy atom. The van der Waals surface area contributed by atoms with E-state index in [-0.39, 0.29) is 6.54 Å². The average Bonchev–Trinajstić information content (AvgIpc) is 2.63. The van der Waals surface area contributed by atoms with Crippen LogP contribution < -0.4 is 10.6 Å². The summed E-state index contributed by atoms with van der Waals surface area (Å²) < 4.78 is 17.7. The van der Waals surface area contributed by atoms with E-state index in [9.17, 15) is 23.6 Å². The molecule has 0 saturated carbocycles. The van der Waals surface area contributed by atoms with Crippen LogP contribution in [0.25, 0.3) is 0 Å². The highest BCUT2D eigenvalue weighted by molar-refractivity contribution is 5.94. The summed E-state index contributed by atoms with van der Waals surface area (Å²) in [5, 5.41) is 13.4. The average molecular weight is 382 g/mol. The van der Waals surface area contributed by atoms with E-state index in [2.05, 4.69) is 10.6 Å². The summed E-state index contributed by atoms with van der Waals surface area (Å²) in [5.41, 5.74) is 0.829. The Labute approximate surface area is 156 Å². The second kappa shape index (κ2) is 10.9. The van der Waals surface area contributed by atoms with Gasteiger partial charge in [-0.3, -0.25) is 14.4 Å². The van der Waals surface area contributed by atoms with Crippen LogP contribution in [0, 0.1) is 5.92 Å².